The number of carbonyl (C=O) groups is 2. The van der Waals surface area contributed by atoms with Gasteiger partial charge in [-0.3, -0.25) is 14.5 Å². The first-order chi connectivity index (χ1) is 7.90. The van der Waals surface area contributed by atoms with E-state index in [9.17, 15) is 22.8 Å². The summed E-state index contributed by atoms with van der Waals surface area (Å²) in [4.78, 5) is 23.9. The first-order valence-corrected chi connectivity index (χ1v) is 5.54. The van der Waals surface area contributed by atoms with Gasteiger partial charge in [0.05, 0.1) is 17.0 Å². The number of imide groups is 1. The maximum Gasteiger partial charge on any atom is 0.443 e. The second-order valence-corrected chi connectivity index (χ2v) is 4.31. The number of benzene rings is 1. The predicted octanol–water partition coefficient (Wildman–Crippen LogP) is 2.49. The number of amides is 2. The number of fused-ring (bicyclic) bond motifs is 1. The van der Waals surface area contributed by atoms with Crippen molar-refractivity contribution < 1.29 is 22.8 Å². The Labute approximate surface area is 98.6 Å². The van der Waals surface area contributed by atoms with Crippen molar-refractivity contribution in [3.05, 3.63) is 35.4 Å². The smallest absolute Gasteiger partial charge is 0.269 e. The van der Waals surface area contributed by atoms with Gasteiger partial charge in [-0.2, -0.15) is 13.2 Å². The molecule has 1 aromatic carbocycles. The third-order valence-electron chi connectivity index (χ3n) is 2.24. The molecule has 7 heteroatoms. The van der Waals surface area contributed by atoms with Crippen LogP contribution < -0.4 is 0 Å². The molecule has 0 aliphatic carbocycles. The van der Waals surface area contributed by atoms with Crippen molar-refractivity contribution in [2.75, 3.05) is 5.88 Å². The molecular formula is C10H6F3NO2S. The van der Waals surface area contributed by atoms with Crippen molar-refractivity contribution in [3.8, 4) is 0 Å². The van der Waals surface area contributed by atoms with E-state index < -0.39 is 35.0 Å². The van der Waals surface area contributed by atoms with Crippen LogP contribution in [0.25, 0.3) is 0 Å². The average molecular weight is 261 g/mol. The van der Waals surface area contributed by atoms with Gasteiger partial charge in [0.1, 0.15) is 0 Å². The quantitative estimate of drug-likeness (QED) is 0.767. The summed E-state index contributed by atoms with van der Waals surface area (Å²) in [6, 6.07) is 5.97. The number of halogens is 3. The monoisotopic (exact) mass is 261 g/mol. The topological polar surface area (TPSA) is 37.4 Å². The van der Waals surface area contributed by atoms with E-state index in [0.29, 0.717) is 4.90 Å². The van der Waals surface area contributed by atoms with Crippen LogP contribution in [-0.2, 0) is 0 Å². The van der Waals surface area contributed by atoms with Crippen LogP contribution in [-0.4, -0.2) is 28.1 Å². The van der Waals surface area contributed by atoms with E-state index in [2.05, 4.69) is 0 Å². The first-order valence-electron chi connectivity index (χ1n) is 4.56. The highest BCUT2D eigenvalue weighted by Crippen LogP contribution is 2.33. The van der Waals surface area contributed by atoms with Gasteiger partial charge in [-0.15, -0.1) is 0 Å². The molecule has 0 saturated heterocycles. The molecule has 90 valence electrons. The lowest BCUT2D eigenvalue weighted by atomic mass is 10.1. The third-order valence-corrected chi connectivity index (χ3v) is 2.95. The summed E-state index contributed by atoms with van der Waals surface area (Å²) in [5.41, 5.74) is -4.16. The lowest BCUT2D eigenvalue weighted by Gasteiger charge is -2.14. The minimum atomic E-state index is -4.46. The molecule has 0 spiro atoms. The van der Waals surface area contributed by atoms with Crippen molar-refractivity contribution >= 4 is 23.6 Å². The van der Waals surface area contributed by atoms with Gasteiger partial charge < -0.3 is 0 Å². The fourth-order valence-corrected chi connectivity index (χ4v) is 2.00. The molecule has 0 fully saturated rings. The summed E-state index contributed by atoms with van der Waals surface area (Å²) < 4.78 is 36.0. The number of thioether (sulfide) groups is 1. The van der Waals surface area contributed by atoms with Gasteiger partial charge in [0, 0.05) is 0 Å². The molecule has 3 nitrogen and oxygen atoms in total. The van der Waals surface area contributed by atoms with Crippen LogP contribution in [0.2, 0.25) is 0 Å². The Morgan fingerprint density at radius 3 is 1.94 bits per heavy atom. The van der Waals surface area contributed by atoms with Gasteiger partial charge in [0.15, 0.2) is 0 Å². The van der Waals surface area contributed by atoms with E-state index in [1.165, 1.54) is 12.1 Å². The molecule has 2 amide bonds. The Kier molecular flexibility index (Phi) is 2.86. The Balaban J connectivity index is 2.19. The van der Waals surface area contributed by atoms with Crippen LogP contribution >= 0.6 is 11.8 Å². The Bertz CT molecular complexity index is 452. The summed E-state index contributed by atoms with van der Waals surface area (Å²) in [7, 11) is 0. The normalized spacial score (nSPS) is 15.4. The first kappa shape index (κ1) is 12.0. The van der Waals surface area contributed by atoms with E-state index in [4.69, 9.17) is 0 Å². The van der Waals surface area contributed by atoms with Crippen molar-refractivity contribution in [2.45, 2.75) is 5.51 Å². The zero-order valence-electron chi connectivity index (χ0n) is 8.32. The summed E-state index contributed by atoms with van der Waals surface area (Å²) in [6.07, 6.45) is 0. The average Bonchev–Trinajstić information content (AvgIpc) is 2.49. The Morgan fingerprint density at radius 2 is 1.53 bits per heavy atom. The lowest BCUT2D eigenvalue weighted by molar-refractivity contribution is -0.0331. The van der Waals surface area contributed by atoms with Gasteiger partial charge >= 0.3 is 5.51 Å². The standard InChI is InChI=1S/C10H6F3NO2S/c11-10(12,13)17-5-14-8(15)6-3-1-2-4-7(6)9(14)16/h1-4H,5H2. The molecule has 1 aliphatic heterocycles. The fourth-order valence-electron chi connectivity index (χ4n) is 1.49. The molecule has 2 rings (SSSR count). The van der Waals surface area contributed by atoms with Gasteiger partial charge in [-0.05, 0) is 23.9 Å². The number of rotatable bonds is 2. The maximum atomic E-state index is 12.0. The van der Waals surface area contributed by atoms with Crippen LogP contribution in [0, 0.1) is 0 Å². The molecule has 0 saturated carbocycles. The molecule has 0 N–H and O–H groups in total. The maximum absolute atomic E-state index is 12.0. The number of carbonyl (C=O) groups excluding carboxylic acids is 2. The summed E-state index contributed by atoms with van der Waals surface area (Å²) in [5.74, 6) is -2.07. The van der Waals surface area contributed by atoms with Gasteiger partial charge in [-0.25, -0.2) is 0 Å². The molecule has 0 atom stereocenters. The molecule has 17 heavy (non-hydrogen) atoms. The number of hydrogen-bond donors (Lipinski definition) is 0. The van der Waals surface area contributed by atoms with Crippen molar-refractivity contribution in [1.29, 1.82) is 0 Å². The summed E-state index contributed by atoms with van der Waals surface area (Å²) in [5, 5.41) is 0. The van der Waals surface area contributed by atoms with Crippen LogP contribution in [0.15, 0.2) is 24.3 Å². The van der Waals surface area contributed by atoms with Gasteiger partial charge in [-0.1, -0.05) is 12.1 Å². The highest BCUT2D eigenvalue weighted by Gasteiger charge is 2.38. The zero-order valence-corrected chi connectivity index (χ0v) is 9.14. The predicted molar refractivity (Wildman–Crippen MR) is 55.5 cm³/mol. The van der Waals surface area contributed by atoms with Crippen LogP contribution in [0.5, 0.6) is 0 Å². The fraction of sp³-hybridized carbons (Fsp3) is 0.200. The minimum Gasteiger partial charge on any atom is -0.269 e. The van der Waals surface area contributed by atoms with Gasteiger partial charge in [0.2, 0.25) is 0 Å². The van der Waals surface area contributed by atoms with Crippen LogP contribution in [0.1, 0.15) is 20.7 Å². The molecule has 0 aromatic heterocycles. The Morgan fingerprint density at radius 1 is 1.06 bits per heavy atom. The van der Waals surface area contributed by atoms with E-state index in [1.807, 2.05) is 0 Å². The van der Waals surface area contributed by atoms with Gasteiger partial charge in [0.25, 0.3) is 11.8 Å². The SMILES string of the molecule is O=C1c2ccccc2C(=O)N1CSC(F)(F)F. The highest BCUT2D eigenvalue weighted by molar-refractivity contribution is 8.00. The lowest BCUT2D eigenvalue weighted by Crippen LogP contribution is -2.30. The van der Waals surface area contributed by atoms with Crippen LogP contribution in [0.4, 0.5) is 13.2 Å². The van der Waals surface area contributed by atoms with E-state index in [0.717, 1.165) is 0 Å². The number of nitrogens with zero attached hydrogens (tertiary/aromatic N) is 1. The molecule has 1 aliphatic rings. The number of alkyl halides is 3. The third kappa shape index (κ3) is 2.28. The second-order valence-electron chi connectivity index (χ2n) is 3.30. The molecule has 0 radical (unpaired) electrons. The zero-order chi connectivity index (χ0) is 12.6. The highest BCUT2D eigenvalue weighted by atomic mass is 32.2. The van der Waals surface area contributed by atoms with Crippen molar-refractivity contribution in [2.24, 2.45) is 0 Å². The molecule has 1 aromatic rings. The Hall–Kier alpha value is -1.50. The minimum absolute atomic E-state index is 0.153. The molecule has 0 unspecified atom stereocenters. The van der Waals surface area contributed by atoms with E-state index in [-0.39, 0.29) is 11.1 Å². The summed E-state index contributed by atoms with van der Waals surface area (Å²) in [6.45, 7) is 0. The van der Waals surface area contributed by atoms with Crippen molar-refractivity contribution in [3.63, 3.8) is 0 Å². The van der Waals surface area contributed by atoms with E-state index >= 15 is 0 Å². The summed E-state index contributed by atoms with van der Waals surface area (Å²) >= 11 is -0.407. The number of hydrogen-bond acceptors (Lipinski definition) is 3. The molecule has 1 heterocycles. The van der Waals surface area contributed by atoms with Crippen LogP contribution in [0.3, 0.4) is 0 Å². The second kappa shape index (κ2) is 4.06. The molecular weight excluding hydrogens is 255 g/mol. The largest absolute Gasteiger partial charge is 0.443 e. The molecule has 0 bridgehead atoms. The van der Waals surface area contributed by atoms with Crippen molar-refractivity contribution in [1.82, 2.24) is 4.90 Å². The van der Waals surface area contributed by atoms with E-state index in [1.54, 1.807) is 12.1 Å².